The molecule has 0 saturated carbocycles. The van der Waals surface area contributed by atoms with Crippen molar-refractivity contribution in [2.75, 3.05) is 0 Å². The molecule has 3 N–H and O–H groups in total. The number of hydrazine groups is 1. The third kappa shape index (κ3) is 2.74. The Hall–Kier alpha value is -1.31. The quantitative estimate of drug-likeness (QED) is 0.606. The number of thiazole rings is 1. The van der Waals surface area contributed by atoms with E-state index in [1.54, 1.807) is 17.7 Å². The molecule has 6 nitrogen and oxygen atoms in total. The Kier molecular flexibility index (Phi) is 4.40. The summed E-state index contributed by atoms with van der Waals surface area (Å²) in [5.74, 6) is 6.60. The van der Waals surface area contributed by atoms with Crippen molar-refractivity contribution < 1.29 is 0 Å². The lowest BCUT2D eigenvalue weighted by Crippen LogP contribution is -2.30. The summed E-state index contributed by atoms with van der Waals surface area (Å²) in [6.45, 7) is 5.00. The molecule has 0 radical (unpaired) electrons. The lowest BCUT2D eigenvalue weighted by Gasteiger charge is -2.14. The zero-order valence-corrected chi connectivity index (χ0v) is 11.4. The molecule has 1 unspecified atom stereocenters. The molecule has 0 aromatic carbocycles. The van der Waals surface area contributed by atoms with Crippen LogP contribution in [0.3, 0.4) is 0 Å². The van der Waals surface area contributed by atoms with Gasteiger partial charge >= 0.3 is 0 Å². The summed E-state index contributed by atoms with van der Waals surface area (Å²) >= 11 is 1.61. The second kappa shape index (κ2) is 6.03. The Labute approximate surface area is 110 Å². The van der Waals surface area contributed by atoms with Crippen molar-refractivity contribution in [1.82, 2.24) is 25.2 Å². The molecule has 0 aliphatic rings. The van der Waals surface area contributed by atoms with Gasteiger partial charge in [-0.2, -0.15) is 5.10 Å². The van der Waals surface area contributed by atoms with Gasteiger partial charge in [-0.1, -0.05) is 6.92 Å². The molecule has 98 valence electrons. The molecule has 2 aromatic rings. The van der Waals surface area contributed by atoms with Gasteiger partial charge in [0.25, 0.3) is 0 Å². The fraction of sp³-hybridized carbons (Fsp3) is 0.545. The van der Waals surface area contributed by atoms with E-state index in [4.69, 9.17) is 5.84 Å². The monoisotopic (exact) mass is 266 g/mol. The Balaban J connectivity index is 2.15. The van der Waals surface area contributed by atoms with Crippen LogP contribution in [0, 0.1) is 6.92 Å². The molecule has 0 amide bonds. The normalized spacial score (nSPS) is 12.8. The fourth-order valence-corrected chi connectivity index (χ4v) is 2.76. The zero-order chi connectivity index (χ0) is 13.0. The fourth-order valence-electron chi connectivity index (χ4n) is 1.90. The molecule has 0 spiro atoms. The van der Waals surface area contributed by atoms with E-state index in [9.17, 15) is 0 Å². The van der Waals surface area contributed by atoms with E-state index in [0.717, 1.165) is 35.8 Å². The van der Waals surface area contributed by atoms with Crippen LogP contribution in [0.15, 0.2) is 11.8 Å². The molecule has 0 bridgehead atoms. The summed E-state index contributed by atoms with van der Waals surface area (Å²) in [6, 6.07) is 0.0392. The summed E-state index contributed by atoms with van der Waals surface area (Å²) in [5.41, 5.74) is 5.70. The molecule has 0 aliphatic heterocycles. The van der Waals surface area contributed by atoms with Crippen molar-refractivity contribution in [1.29, 1.82) is 0 Å². The van der Waals surface area contributed by atoms with Crippen LogP contribution >= 0.6 is 11.3 Å². The van der Waals surface area contributed by atoms with Crippen LogP contribution in [0.2, 0.25) is 0 Å². The Bertz CT molecular complexity index is 491. The van der Waals surface area contributed by atoms with Gasteiger partial charge in [0, 0.05) is 17.8 Å². The maximum absolute atomic E-state index is 5.64. The van der Waals surface area contributed by atoms with Crippen LogP contribution in [-0.4, -0.2) is 19.7 Å². The number of nitrogens with one attached hydrogen (secondary N) is 1. The zero-order valence-electron chi connectivity index (χ0n) is 10.6. The van der Waals surface area contributed by atoms with Gasteiger partial charge in [-0.3, -0.25) is 16.0 Å². The second-order valence-corrected chi connectivity index (χ2v) is 5.01. The Morgan fingerprint density at radius 2 is 2.33 bits per heavy atom. The lowest BCUT2D eigenvalue weighted by atomic mass is 10.1. The number of hydrogen-bond donors (Lipinski definition) is 2. The summed E-state index contributed by atoms with van der Waals surface area (Å²) in [4.78, 5) is 9.71. The standard InChI is InChI=1S/C11H18N6S/c1-3-4-17-10(13-6-15-17)5-9(16-12)11-8(2)14-7-18-11/h6-7,9,16H,3-5,12H2,1-2H3. The Morgan fingerprint density at radius 3 is 2.94 bits per heavy atom. The lowest BCUT2D eigenvalue weighted by molar-refractivity contribution is 0.502. The highest BCUT2D eigenvalue weighted by atomic mass is 32.1. The Morgan fingerprint density at radius 1 is 1.50 bits per heavy atom. The molecule has 2 rings (SSSR count). The van der Waals surface area contributed by atoms with Crippen molar-refractivity contribution in [3.05, 3.63) is 28.2 Å². The van der Waals surface area contributed by atoms with Gasteiger partial charge in [0.05, 0.1) is 17.2 Å². The highest BCUT2D eigenvalue weighted by Gasteiger charge is 2.18. The minimum atomic E-state index is 0.0392. The third-order valence-corrected chi connectivity index (χ3v) is 3.86. The van der Waals surface area contributed by atoms with Crippen LogP contribution in [-0.2, 0) is 13.0 Å². The summed E-state index contributed by atoms with van der Waals surface area (Å²) in [6.07, 6.45) is 3.36. The number of rotatable bonds is 6. The van der Waals surface area contributed by atoms with Gasteiger partial charge in [-0.15, -0.1) is 11.3 Å². The molecular weight excluding hydrogens is 248 g/mol. The topological polar surface area (TPSA) is 81.7 Å². The molecule has 2 heterocycles. The average molecular weight is 266 g/mol. The largest absolute Gasteiger partial charge is 0.271 e. The van der Waals surface area contributed by atoms with E-state index in [2.05, 4.69) is 27.4 Å². The van der Waals surface area contributed by atoms with E-state index < -0.39 is 0 Å². The number of aromatic nitrogens is 4. The van der Waals surface area contributed by atoms with Crippen LogP contribution in [0.5, 0.6) is 0 Å². The van der Waals surface area contributed by atoms with Crippen molar-refractivity contribution in [2.45, 2.75) is 39.3 Å². The van der Waals surface area contributed by atoms with Gasteiger partial charge in [0.2, 0.25) is 0 Å². The number of aryl methyl sites for hydroxylation is 2. The van der Waals surface area contributed by atoms with Crippen molar-refractivity contribution in [2.24, 2.45) is 5.84 Å². The second-order valence-electron chi connectivity index (χ2n) is 4.12. The smallest absolute Gasteiger partial charge is 0.138 e. The third-order valence-electron chi connectivity index (χ3n) is 2.82. The number of nitrogens with zero attached hydrogens (tertiary/aromatic N) is 4. The van der Waals surface area contributed by atoms with Crippen molar-refractivity contribution in [3.63, 3.8) is 0 Å². The molecule has 7 heteroatoms. The SMILES string of the molecule is CCCn1ncnc1CC(NN)c1scnc1C. The van der Waals surface area contributed by atoms with Crippen LogP contribution in [0.4, 0.5) is 0 Å². The van der Waals surface area contributed by atoms with Crippen LogP contribution in [0.1, 0.15) is 35.8 Å². The van der Waals surface area contributed by atoms with E-state index in [-0.39, 0.29) is 6.04 Å². The predicted octanol–water partition coefficient (Wildman–Crippen LogP) is 1.20. The number of nitrogens with two attached hydrogens (primary N) is 1. The average Bonchev–Trinajstić information content (AvgIpc) is 2.96. The first-order valence-corrected chi connectivity index (χ1v) is 6.87. The first kappa shape index (κ1) is 13.1. The molecule has 1 atom stereocenters. The highest BCUT2D eigenvalue weighted by molar-refractivity contribution is 7.09. The van der Waals surface area contributed by atoms with E-state index in [0.29, 0.717) is 0 Å². The summed E-state index contributed by atoms with van der Waals surface area (Å²) in [7, 11) is 0. The van der Waals surface area contributed by atoms with Gasteiger partial charge in [0.1, 0.15) is 12.2 Å². The van der Waals surface area contributed by atoms with Gasteiger partial charge in [-0.05, 0) is 13.3 Å². The maximum atomic E-state index is 5.64. The van der Waals surface area contributed by atoms with Crippen molar-refractivity contribution in [3.8, 4) is 0 Å². The van der Waals surface area contributed by atoms with Crippen molar-refractivity contribution >= 4 is 11.3 Å². The molecule has 0 aliphatic carbocycles. The maximum Gasteiger partial charge on any atom is 0.138 e. The minimum absolute atomic E-state index is 0.0392. The van der Waals surface area contributed by atoms with Crippen LogP contribution in [0.25, 0.3) is 0 Å². The van der Waals surface area contributed by atoms with E-state index in [1.165, 1.54) is 0 Å². The van der Waals surface area contributed by atoms with Crippen LogP contribution < -0.4 is 11.3 Å². The predicted molar refractivity (Wildman–Crippen MR) is 70.9 cm³/mol. The molecule has 0 saturated heterocycles. The van der Waals surface area contributed by atoms with Gasteiger partial charge < -0.3 is 0 Å². The molecule has 0 fully saturated rings. The number of hydrogen-bond acceptors (Lipinski definition) is 6. The van der Waals surface area contributed by atoms with E-state index >= 15 is 0 Å². The first-order valence-electron chi connectivity index (χ1n) is 5.99. The van der Waals surface area contributed by atoms with Gasteiger partial charge in [0.15, 0.2) is 0 Å². The minimum Gasteiger partial charge on any atom is -0.271 e. The molecule has 2 aromatic heterocycles. The first-order chi connectivity index (χ1) is 8.76. The summed E-state index contributed by atoms with van der Waals surface area (Å²) < 4.78 is 1.93. The van der Waals surface area contributed by atoms with Gasteiger partial charge in [-0.25, -0.2) is 9.97 Å². The van der Waals surface area contributed by atoms with E-state index in [1.807, 2.05) is 17.1 Å². The summed E-state index contributed by atoms with van der Waals surface area (Å²) in [5, 5.41) is 4.22. The molecule has 18 heavy (non-hydrogen) atoms. The highest BCUT2D eigenvalue weighted by Crippen LogP contribution is 2.23. The molecular formula is C11H18N6S.